The normalized spacial score (nSPS) is 13.4. The Kier molecular flexibility index (Phi) is 8.65. The van der Waals surface area contributed by atoms with Gasteiger partial charge in [0.2, 0.25) is 28.6 Å². The van der Waals surface area contributed by atoms with Gasteiger partial charge in [-0.1, -0.05) is 28.1 Å². The summed E-state index contributed by atoms with van der Waals surface area (Å²) in [4.78, 5) is 27.8. The van der Waals surface area contributed by atoms with Crippen molar-refractivity contribution in [3.8, 4) is 11.5 Å². The minimum absolute atomic E-state index is 0.0433. The van der Waals surface area contributed by atoms with E-state index in [4.69, 9.17) is 9.47 Å². The molecule has 190 valence electrons. The fraction of sp³-hybridized carbons (Fsp3) is 0.417. The Balaban J connectivity index is 1.93. The first kappa shape index (κ1) is 26.8. The van der Waals surface area contributed by atoms with Gasteiger partial charge in [0, 0.05) is 23.1 Å². The van der Waals surface area contributed by atoms with Gasteiger partial charge in [-0.2, -0.15) is 0 Å². The SMILES string of the molecule is CCS(=O)(=O)N(CC(=O)N(Cc1ccc(Br)cc1)[C@@H](C)C(=O)NC(C)C)c1ccc2c(c1)OCO2. The average Bonchev–Trinajstić information content (AvgIpc) is 3.29. The molecule has 2 aromatic carbocycles. The zero-order valence-electron chi connectivity index (χ0n) is 20.2. The molecule has 1 N–H and O–H groups in total. The second-order valence-corrected chi connectivity index (χ2v) is 11.5. The van der Waals surface area contributed by atoms with E-state index in [9.17, 15) is 18.0 Å². The van der Waals surface area contributed by atoms with Crippen LogP contribution in [0.5, 0.6) is 11.5 Å². The standard InChI is InChI=1S/C24H30BrN3O6S/c1-5-35(31,32)28(20-10-11-21-22(12-20)34-15-33-21)14-23(29)27(17(4)24(30)26-16(2)3)13-18-6-8-19(25)9-7-18/h6-12,16-17H,5,13-15H2,1-4H3,(H,26,30)/t17-/m0/s1. The molecular weight excluding hydrogens is 538 g/mol. The molecular formula is C24H30BrN3O6S. The van der Waals surface area contributed by atoms with Crippen LogP contribution in [-0.2, 0) is 26.2 Å². The van der Waals surface area contributed by atoms with Crippen molar-refractivity contribution in [1.82, 2.24) is 10.2 Å². The number of carbonyl (C=O) groups is 2. The summed E-state index contributed by atoms with van der Waals surface area (Å²) in [5, 5.41) is 2.82. The molecule has 35 heavy (non-hydrogen) atoms. The van der Waals surface area contributed by atoms with Gasteiger partial charge in [-0.15, -0.1) is 0 Å². The highest BCUT2D eigenvalue weighted by Gasteiger charge is 2.31. The van der Waals surface area contributed by atoms with Crippen LogP contribution in [0.4, 0.5) is 5.69 Å². The number of carbonyl (C=O) groups excluding carboxylic acids is 2. The van der Waals surface area contributed by atoms with Crippen molar-refractivity contribution in [2.45, 2.75) is 46.3 Å². The Hall–Kier alpha value is -2.79. The van der Waals surface area contributed by atoms with Crippen molar-refractivity contribution in [2.24, 2.45) is 0 Å². The third-order valence-electron chi connectivity index (χ3n) is 5.49. The van der Waals surface area contributed by atoms with Crippen LogP contribution in [0, 0.1) is 0 Å². The van der Waals surface area contributed by atoms with E-state index in [1.165, 1.54) is 17.9 Å². The number of ether oxygens (including phenoxy) is 2. The zero-order valence-corrected chi connectivity index (χ0v) is 22.6. The van der Waals surface area contributed by atoms with Crippen LogP contribution in [-0.4, -0.2) is 56.3 Å². The van der Waals surface area contributed by atoms with Crippen molar-refractivity contribution >= 4 is 43.5 Å². The Morgan fingerprint density at radius 1 is 1.06 bits per heavy atom. The molecule has 9 nitrogen and oxygen atoms in total. The first-order chi connectivity index (χ1) is 16.5. The number of hydrogen-bond acceptors (Lipinski definition) is 6. The van der Waals surface area contributed by atoms with Gasteiger partial charge in [0.1, 0.15) is 12.6 Å². The number of sulfonamides is 1. The quantitative estimate of drug-likeness (QED) is 0.472. The van der Waals surface area contributed by atoms with Crippen LogP contribution in [0.15, 0.2) is 46.9 Å². The smallest absolute Gasteiger partial charge is 0.244 e. The van der Waals surface area contributed by atoms with Gasteiger partial charge in [0.15, 0.2) is 11.5 Å². The lowest BCUT2D eigenvalue weighted by atomic mass is 10.1. The predicted molar refractivity (Wildman–Crippen MR) is 137 cm³/mol. The van der Waals surface area contributed by atoms with E-state index in [0.717, 1.165) is 14.3 Å². The molecule has 0 spiro atoms. The molecule has 2 aromatic rings. The van der Waals surface area contributed by atoms with Crippen molar-refractivity contribution in [1.29, 1.82) is 0 Å². The lowest BCUT2D eigenvalue weighted by Gasteiger charge is -2.32. The Labute approximate surface area is 214 Å². The molecule has 1 atom stereocenters. The second kappa shape index (κ2) is 11.3. The topological polar surface area (TPSA) is 105 Å². The summed E-state index contributed by atoms with van der Waals surface area (Å²) in [5.74, 6) is -0.120. The maximum Gasteiger partial charge on any atom is 0.244 e. The molecule has 11 heteroatoms. The largest absolute Gasteiger partial charge is 0.454 e. The van der Waals surface area contributed by atoms with E-state index < -0.39 is 28.5 Å². The molecule has 0 saturated heterocycles. The van der Waals surface area contributed by atoms with Crippen molar-refractivity contribution < 1.29 is 27.5 Å². The van der Waals surface area contributed by atoms with Gasteiger partial charge < -0.3 is 19.7 Å². The molecule has 1 aliphatic rings. The van der Waals surface area contributed by atoms with E-state index in [1.807, 2.05) is 38.1 Å². The van der Waals surface area contributed by atoms with E-state index >= 15 is 0 Å². The number of halogens is 1. The highest BCUT2D eigenvalue weighted by Crippen LogP contribution is 2.36. The monoisotopic (exact) mass is 567 g/mol. The molecule has 2 amide bonds. The Bertz CT molecular complexity index is 1170. The Morgan fingerprint density at radius 2 is 1.71 bits per heavy atom. The molecule has 0 unspecified atom stereocenters. The van der Waals surface area contributed by atoms with Crippen LogP contribution in [0.2, 0.25) is 0 Å². The number of nitrogens with zero attached hydrogens (tertiary/aromatic N) is 2. The van der Waals surface area contributed by atoms with Gasteiger partial charge in [0.25, 0.3) is 0 Å². The van der Waals surface area contributed by atoms with E-state index in [2.05, 4.69) is 21.2 Å². The fourth-order valence-corrected chi connectivity index (χ4v) is 4.85. The van der Waals surface area contributed by atoms with Gasteiger partial charge >= 0.3 is 0 Å². The lowest BCUT2D eigenvalue weighted by molar-refractivity contribution is -0.139. The molecule has 0 radical (unpaired) electrons. The molecule has 0 aromatic heterocycles. The number of nitrogens with one attached hydrogen (secondary N) is 1. The summed E-state index contributed by atoms with van der Waals surface area (Å²) >= 11 is 3.39. The minimum atomic E-state index is -3.82. The summed E-state index contributed by atoms with van der Waals surface area (Å²) in [5.41, 5.74) is 1.09. The van der Waals surface area contributed by atoms with Crippen LogP contribution in [0.1, 0.15) is 33.3 Å². The number of rotatable bonds is 10. The van der Waals surface area contributed by atoms with Crippen molar-refractivity contribution in [3.63, 3.8) is 0 Å². The van der Waals surface area contributed by atoms with E-state index in [0.29, 0.717) is 11.5 Å². The summed E-state index contributed by atoms with van der Waals surface area (Å²) in [6.45, 7) is 6.53. The van der Waals surface area contributed by atoms with Crippen molar-refractivity contribution in [2.75, 3.05) is 23.4 Å². The third-order valence-corrected chi connectivity index (χ3v) is 7.76. The van der Waals surface area contributed by atoms with Gasteiger partial charge in [-0.25, -0.2) is 8.42 Å². The Morgan fingerprint density at radius 3 is 2.34 bits per heavy atom. The maximum absolute atomic E-state index is 13.6. The number of fused-ring (bicyclic) bond motifs is 1. The summed E-state index contributed by atoms with van der Waals surface area (Å²) in [6.07, 6.45) is 0. The molecule has 0 aliphatic carbocycles. The van der Waals surface area contributed by atoms with Gasteiger partial charge in [0.05, 0.1) is 11.4 Å². The number of anilines is 1. The second-order valence-electron chi connectivity index (χ2n) is 8.43. The van der Waals surface area contributed by atoms with E-state index in [-0.39, 0.29) is 36.7 Å². The molecule has 1 aliphatic heterocycles. The fourth-order valence-electron chi connectivity index (χ4n) is 3.53. The average molecular weight is 568 g/mol. The first-order valence-corrected chi connectivity index (χ1v) is 13.7. The van der Waals surface area contributed by atoms with Crippen LogP contribution >= 0.6 is 15.9 Å². The highest BCUT2D eigenvalue weighted by molar-refractivity contribution is 9.10. The molecule has 0 bridgehead atoms. The summed E-state index contributed by atoms with van der Waals surface area (Å²) < 4.78 is 38.6. The van der Waals surface area contributed by atoms with E-state index in [1.54, 1.807) is 19.1 Å². The highest BCUT2D eigenvalue weighted by atomic mass is 79.9. The third kappa shape index (κ3) is 6.66. The van der Waals surface area contributed by atoms with Crippen LogP contribution in [0.25, 0.3) is 0 Å². The van der Waals surface area contributed by atoms with Crippen LogP contribution < -0.4 is 19.1 Å². The molecule has 1 heterocycles. The van der Waals surface area contributed by atoms with Gasteiger partial charge in [-0.05, 0) is 57.5 Å². The minimum Gasteiger partial charge on any atom is -0.454 e. The number of amides is 2. The molecule has 0 fully saturated rings. The molecule has 3 rings (SSSR count). The van der Waals surface area contributed by atoms with Gasteiger partial charge in [-0.3, -0.25) is 13.9 Å². The van der Waals surface area contributed by atoms with Crippen molar-refractivity contribution in [3.05, 3.63) is 52.5 Å². The lowest BCUT2D eigenvalue weighted by Crippen LogP contribution is -2.52. The summed E-state index contributed by atoms with van der Waals surface area (Å²) in [6, 6.07) is 11.2. The zero-order chi connectivity index (χ0) is 25.8. The number of hydrogen-bond donors (Lipinski definition) is 1. The summed E-state index contributed by atoms with van der Waals surface area (Å²) in [7, 11) is -3.82. The predicted octanol–water partition coefficient (Wildman–Crippen LogP) is 3.28. The molecule has 0 saturated carbocycles. The number of benzene rings is 2. The van der Waals surface area contributed by atoms with Crippen LogP contribution in [0.3, 0.4) is 0 Å². The maximum atomic E-state index is 13.6. The first-order valence-electron chi connectivity index (χ1n) is 11.3.